The van der Waals surface area contributed by atoms with Gasteiger partial charge in [0.2, 0.25) is 0 Å². The van der Waals surface area contributed by atoms with E-state index in [0.29, 0.717) is 6.61 Å². The van der Waals surface area contributed by atoms with Crippen LogP contribution in [0.4, 0.5) is 0 Å². The summed E-state index contributed by atoms with van der Waals surface area (Å²) in [5.74, 6) is 0.913. The summed E-state index contributed by atoms with van der Waals surface area (Å²) in [5, 5.41) is 0. The Kier molecular flexibility index (Phi) is 5.78. The number of ether oxygens (including phenoxy) is 1. The highest BCUT2D eigenvalue weighted by molar-refractivity contribution is 5.64. The summed E-state index contributed by atoms with van der Waals surface area (Å²) in [5.41, 5.74) is 5.26. The van der Waals surface area contributed by atoms with E-state index in [-0.39, 0.29) is 5.41 Å². The molecule has 0 saturated heterocycles. The Labute approximate surface area is 157 Å². The van der Waals surface area contributed by atoms with Crippen LogP contribution in [0, 0.1) is 11.5 Å². The Bertz CT molecular complexity index is 811. The molecule has 1 heteroatoms. The minimum atomic E-state index is 0.287. The first kappa shape index (κ1) is 18.3. The van der Waals surface area contributed by atoms with E-state index in [1.165, 1.54) is 16.7 Å². The highest BCUT2D eigenvalue weighted by atomic mass is 16.5. The molecule has 0 bridgehead atoms. The third-order valence-corrected chi connectivity index (χ3v) is 4.27. The maximum absolute atomic E-state index is 5.88. The van der Waals surface area contributed by atoms with Crippen molar-refractivity contribution >= 4 is 0 Å². The molecule has 1 nitrogen and oxygen atoms in total. The summed E-state index contributed by atoms with van der Waals surface area (Å²) >= 11 is 0. The van der Waals surface area contributed by atoms with Crippen LogP contribution >= 0.6 is 0 Å². The molecule has 0 heterocycles. The quantitative estimate of drug-likeness (QED) is 0.506. The fourth-order valence-corrected chi connectivity index (χ4v) is 3.06. The molecule has 0 aliphatic heterocycles. The molecular formula is C25H27O. The average Bonchev–Trinajstić information content (AvgIpc) is 2.62. The minimum Gasteiger partial charge on any atom is -0.493 e. The molecule has 0 unspecified atom stereocenters. The van der Waals surface area contributed by atoms with Crippen molar-refractivity contribution in [3.05, 3.63) is 90.0 Å². The van der Waals surface area contributed by atoms with Gasteiger partial charge in [0, 0.05) is 6.42 Å². The number of rotatable bonds is 6. The summed E-state index contributed by atoms with van der Waals surface area (Å²) in [6, 6.07) is 28.5. The van der Waals surface area contributed by atoms with Gasteiger partial charge in [-0.1, -0.05) is 81.4 Å². The third kappa shape index (κ3) is 5.49. The number of benzene rings is 3. The molecule has 0 spiro atoms. The highest BCUT2D eigenvalue weighted by Crippen LogP contribution is 2.26. The van der Waals surface area contributed by atoms with Crippen molar-refractivity contribution in [1.82, 2.24) is 0 Å². The molecular weight excluding hydrogens is 316 g/mol. The van der Waals surface area contributed by atoms with Crippen LogP contribution in [0.5, 0.6) is 5.75 Å². The molecule has 0 saturated carbocycles. The predicted molar refractivity (Wildman–Crippen MR) is 110 cm³/mol. The van der Waals surface area contributed by atoms with E-state index in [2.05, 4.69) is 75.4 Å². The lowest BCUT2D eigenvalue weighted by Gasteiger charge is -2.18. The van der Waals surface area contributed by atoms with E-state index in [1.54, 1.807) is 0 Å². The zero-order valence-electron chi connectivity index (χ0n) is 16.0. The summed E-state index contributed by atoms with van der Waals surface area (Å²) in [6.07, 6.45) is 1.99. The van der Waals surface area contributed by atoms with Gasteiger partial charge in [-0.3, -0.25) is 0 Å². The minimum absolute atomic E-state index is 0.287. The van der Waals surface area contributed by atoms with Crippen LogP contribution in [0.15, 0.2) is 72.8 Å². The standard InChI is InChI=1S/C25H27O/c1-25(2,3)19-21-10-7-11-23(18-21)22-12-14-24(15-13-22)26-17-16-20-8-5-4-6-9-20/h4-10,12-15,18H,16-17,19H2,1-3H3. The fraction of sp³-hybridized carbons (Fsp3) is 0.280. The predicted octanol–water partition coefficient (Wildman–Crippen LogP) is 6.36. The van der Waals surface area contributed by atoms with Gasteiger partial charge >= 0.3 is 0 Å². The van der Waals surface area contributed by atoms with Crippen molar-refractivity contribution in [3.63, 3.8) is 0 Å². The Morgan fingerprint density at radius 1 is 0.846 bits per heavy atom. The Morgan fingerprint density at radius 3 is 2.27 bits per heavy atom. The van der Waals surface area contributed by atoms with Crippen LogP contribution in [0.2, 0.25) is 0 Å². The van der Waals surface area contributed by atoms with Crippen LogP contribution in [-0.4, -0.2) is 6.61 Å². The van der Waals surface area contributed by atoms with Gasteiger partial charge < -0.3 is 4.74 Å². The first-order chi connectivity index (χ1) is 12.5. The van der Waals surface area contributed by atoms with Gasteiger partial charge in [0.05, 0.1) is 6.61 Å². The van der Waals surface area contributed by atoms with Gasteiger partial charge in [0.15, 0.2) is 0 Å². The molecule has 0 aliphatic carbocycles. The lowest BCUT2D eigenvalue weighted by molar-refractivity contribution is 0.322. The third-order valence-electron chi connectivity index (χ3n) is 4.27. The van der Waals surface area contributed by atoms with E-state index < -0.39 is 0 Å². The van der Waals surface area contributed by atoms with Crippen molar-refractivity contribution < 1.29 is 4.74 Å². The van der Waals surface area contributed by atoms with E-state index in [4.69, 9.17) is 4.74 Å². The number of hydrogen-bond acceptors (Lipinski definition) is 1. The smallest absolute Gasteiger partial charge is 0.119 e. The second-order valence-corrected chi connectivity index (χ2v) is 7.96. The molecule has 26 heavy (non-hydrogen) atoms. The van der Waals surface area contributed by atoms with E-state index in [9.17, 15) is 0 Å². The van der Waals surface area contributed by atoms with Crippen LogP contribution in [0.25, 0.3) is 11.1 Å². The van der Waals surface area contributed by atoms with Crippen molar-refractivity contribution in [3.8, 4) is 16.9 Å². The lowest BCUT2D eigenvalue weighted by atomic mass is 9.87. The SMILES string of the molecule is CC(C)(C)Cc1cc[c]c(-c2ccc(OCCc3ccccc3)cc2)c1. The zero-order valence-corrected chi connectivity index (χ0v) is 16.0. The lowest BCUT2D eigenvalue weighted by Crippen LogP contribution is -2.08. The van der Waals surface area contributed by atoms with Gasteiger partial charge in [-0.25, -0.2) is 0 Å². The van der Waals surface area contributed by atoms with Crippen molar-refractivity contribution in [1.29, 1.82) is 0 Å². The normalized spacial score (nSPS) is 11.3. The first-order valence-corrected chi connectivity index (χ1v) is 9.27. The van der Waals surface area contributed by atoms with Crippen molar-refractivity contribution in [2.24, 2.45) is 5.41 Å². The average molecular weight is 343 g/mol. The van der Waals surface area contributed by atoms with E-state index in [1.807, 2.05) is 24.3 Å². The fourth-order valence-electron chi connectivity index (χ4n) is 3.06. The Hall–Kier alpha value is -2.54. The molecule has 0 fully saturated rings. The second kappa shape index (κ2) is 8.23. The molecule has 3 aromatic carbocycles. The van der Waals surface area contributed by atoms with Crippen LogP contribution in [0.3, 0.4) is 0 Å². The number of hydrogen-bond donors (Lipinski definition) is 0. The molecule has 0 atom stereocenters. The van der Waals surface area contributed by atoms with Gasteiger partial charge in [0.1, 0.15) is 5.75 Å². The summed E-state index contributed by atoms with van der Waals surface area (Å²) < 4.78 is 5.88. The monoisotopic (exact) mass is 343 g/mol. The maximum Gasteiger partial charge on any atom is 0.119 e. The van der Waals surface area contributed by atoms with Crippen LogP contribution < -0.4 is 4.74 Å². The molecule has 3 aromatic rings. The van der Waals surface area contributed by atoms with Gasteiger partial charge in [-0.05, 0) is 52.3 Å². The summed E-state index contributed by atoms with van der Waals surface area (Å²) in [6.45, 7) is 7.50. The first-order valence-electron chi connectivity index (χ1n) is 9.27. The van der Waals surface area contributed by atoms with Gasteiger partial charge in [0.25, 0.3) is 0 Å². The zero-order chi connectivity index (χ0) is 18.4. The molecule has 0 amide bonds. The van der Waals surface area contributed by atoms with Gasteiger partial charge in [-0.15, -0.1) is 0 Å². The van der Waals surface area contributed by atoms with Crippen LogP contribution in [0.1, 0.15) is 31.9 Å². The summed E-state index contributed by atoms with van der Waals surface area (Å²) in [7, 11) is 0. The Balaban J connectivity index is 1.61. The molecule has 0 N–H and O–H groups in total. The Morgan fingerprint density at radius 2 is 1.58 bits per heavy atom. The topological polar surface area (TPSA) is 9.23 Å². The summed E-state index contributed by atoms with van der Waals surface area (Å²) in [4.78, 5) is 0. The molecule has 133 valence electrons. The molecule has 0 aromatic heterocycles. The van der Waals surface area contributed by atoms with Crippen LogP contribution in [-0.2, 0) is 12.8 Å². The van der Waals surface area contributed by atoms with Crippen molar-refractivity contribution in [2.75, 3.05) is 6.61 Å². The van der Waals surface area contributed by atoms with Gasteiger partial charge in [-0.2, -0.15) is 0 Å². The molecule has 1 radical (unpaired) electrons. The van der Waals surface area contributed by atoms with E-state index in [0.717, 1.165) is 24.2 Å². The largest absolute Gasteiger partial charge is 0.493 e. The molecule has 0 aliphatic rings. The van der Waals surface area contributed by atoms with Crippen molar-refractivity contribution in [2.45, 2.75) is 33.6 Å². The van der Waals surface area contributed by atoms with E-state index >= 15 is 0 Å². The maximum atomic E-state index is 5.88. The second-order valence-electron chi connectivity index (χ2n) is 7.96. The molecule has 3 rings (SSSR count). The highest BCUT2D eigenvalue weighted by Gasteiger charge is 2.11.